The van der Waals surface area contributed by atoms with Gasteiger partial charge in [-0.25, -0.2) is 9.59 Å². The van der Waals surface area contributed by atoms with E-state index in [1.807, 2.05) is 4.90 Å². The van der Waals surface area contributed by atoms with Gasteiger partial charge in [-0.15, -0.1) is 0 Å². The largest absolute Gasteiger partial charge is 0.463 e. The summed E-state index contributed by atoms with van der Waals surface area (Å²) < 4.78 is 34.0. The van der Waals surface area contributed by atoms with Crippen molar-refractivity contribution in [2.75, 3.05) is 26.7 Å². The molecule has 2 N–H and O–H groups in total. The summed E-state index contributed by atoms with van der Waals surface area (Å²) >= 11 is 0. The molecule has 1 aliphatic heterocycles. The average molecular weight is 369 g/mol. The van der Waals surface area contributed by atoms with Crippen molar-refractivity contribution in [3.63, 3.8) is 0 Å². The molecule has 0 bridgehead atoms. The van der Waals surface area contributed by atoms with Gasteiger partial charge in [-0.3, -0.25) is 4.90 Å². The van der Waals surface area contributed by atoms with Crippen molar-refractivity contribution < 1.29 is 27.8 Å². The van der Waals surface area contributed by atoms with E-state index in [2.05, 4.69) is 15.4 Å². The zero-order chi connectivity index (χ0) is 19.1. The number of esters is 1. The maximum Gasteiger partial charge on any atom is 0.387 e. The molecule has 0 saturated heterocycles. The summed E-state index contributed by atoms with van der Waals surface area (Å²) in [5.74, 6) is -0.414. The Labute approximate surface area is 149 Å². The molecule has 0 aromatic heterocycles. The predicted molar refractivity (Wildman–Crippen MR) is 89.6 cm³/mol. The molecular weight excluding hydrogens is 348 g/mol. The van der Waals surface area contributed by atoms with Gasteiger partial charge in [0.15, 0.2) is 0 Å². The van der Waals surface area contributed by atoms with Gasteiger partial charge in [-0.1, -0.05) is 12.1 Å². The summed E-state index contributed by atoms with van der Waals surface area (Å²) in [7, 11) is 1.78. The molecule has 0 fully saturated rings. The van der Waals surface area contributed by atoms with Gasteiger partial charge in [0.05, 0.1) is 18.7 Å². The third kappa shape index (κ3) is 5.69. The number of rotatable bonds is 8. The summed E-state index contributed by atoms with van der Waals surface area (Å²) in [5, 5.41) is 5.16. The quantitative estimate of drug-likeness (QED) is 0.684. The lowest BCUT2D eigenvalue weighted by Crippen LogP contribution is -2.46. The predicted octanol–water partition coefficient (Wildman–Crippen LogP) is 1.85. The summed E-state index contributed by atoms with van der Waals surface area (Å²) in [5.41, 5.74) is 1.56. The second-order valence-corrected chi connectivity index (χ2v) is 5.68. The van der Waals surface area contributed by atoms with Crippen LogP contribution in [0.1, 0.15) is 12.5 Å². The van der Waals surface area contributed by atoms with Gasteiger partial charge in [-0.05, 0) is 31.7 Å². The maximum atomic E-state index is 12.3. The molecule has 1 aromatic rings. The number of hydrogen-bond donors (Lipinski definition) is 2. The van der Waals surface area contributed by atoms with Crippen LogP contribution >= 0.6 is 0 Å². The Balaban J connectivity index is 2.07. The lowest BCUT2D eigenvalue weighted by Gasteiger charge is -2.25. The van der Waals surface area contributed by atoms with Crippen molar-refractivity contribution in [2.45, 2.75) is 20.1 Å². The number of carbonyl (C=O) groups is 2. The molecule has 7 nitrogen and oxygen atoms in total. The van der Waals surface area contributed by atoms with E-state index in [0.717, 1.165) is 5.56 Å². The Hall–Kier alpha value is -2.68. The first-order chi connectivity index (χ1) is 12.4. The van der Waals surface area contributed by atoms with Gasteiger partial charge in [0.2, 0.25) is 0 Å². The van der Waals surface area contributed by atoms with E-state index in [1.54, 1.807) is 26.1 Å². The number of alkyl halides is 2. The monoisotopic (exact) mass is 369 g/mol. The van der Waals surface area contributed by atoms with Gasteiger partial charge < -0.3 is 20.1 Å². The third-order valence-electron chi connectivity index (χ3n) is 3.58. The average Bonchev–Trinajstić information content (AvgIpc) is 2.54. The number of carbonyl (C=O) groups excluding carboxylic acids is 2. The Morgan fingerprint density at radius 2 is 2.12 bits per heavy atom. The molecule has 1 heterocycles. The minimum atomic E-state index is -2.88. The fourth-order valence-corrected chi connectivity index (χ4v) is 2.54. The fourth-order valence-electron chi connectivity index (χ4n) is 2.54. The Morgan fingerprint density at radius 3 is 2.81 bits per heavy atom. The molecule has 9 heteroatoms. The van der Waals surface area contributed by atoms with E-state index >= 15 is 0 Å². The van der Waals surface area contributed by atoms with Crippen LogP contribution in [0.25, 0.3) is 0 Å². The lowest BCUT2D eigenvalue weighted by atomic mass is 10.1. The van der Waals surface area contributed by atoms with Crippen LogP contribution in [0.15, 0.2) is 35.5 Å². The van der Waals surface area contributed by atoms with Crippen molar-refractivity contribution in [1.29, 1.82) is 0 Å². The van der Waals surface area contributed by atoms with Crippen molar-refractivity contribution >= 4 is 12.0 Å². The first-order valence-electron chi connectivity index (χ1n) is 8.05. The topological polar surface area (TPSA) is 79.9 Å². The highest BCUT2D eigenvalue weighted by molar-refractivity contribution is 5.93. The number of halogens is 2. The minimum Gasteiger partial charge on any atom is -0.463 e. The number of likely N-dealkylation sites (N-methyl/N-ethyl adjacent to an activating group) is 1. The summed E-state index contributed by atoms with van der Waals surface area (Å²) in [6.07, 6.45) is 0. The van der Waals surface area contributed by atoms with Gasteiger partial charge in [0.25, 0.3) is 0 Å². The van der Waals surface area contributed by atoms with Gasteiger partial charge >= 0.3 is 18.6 Å². The summed E-state index contributed by atoms with van der Waals surface area (Å²) in [6, 6.07) is 5.97. The fraction of sp³-hybridized carbons (Fsp3) is 0.412. The van der Waals surface area contributed by atoms with Crippen LogP contribution in [0, 0.1) is 0 Å². The van der Waals surface area contributed by atoms with Crippen LogP contribution in [-0.4, -0.2) is 50.3 Å². The van der Waals surface area contributed by atoms with E-state index in [1.165, 1.54) is 12.1 Å². The smallest absolute Gasteiger partial charge is 0.387 e. The molecule has 2 rings (SSSR count). The van der Waals surface area contributed by atoms with Crippen LogP contribution in [-0.2, 0) is 16.1 Å². The van der Waals surface area contributed by atoms with Crippen LogP contribution in [0.5, 0.6) is 5.75 Å². The minimum absolute atomic E-state index is 0.0764. The maximum absolute atomic E-state index is 12.3. The SMILES string of the molecule is CCOC(=O)C1=C(CN(C)Cc2cccc(OC(F)F)c2)NC(=O)NC1. The lowest BCUT2D eigenvalue weighted by molar-refractivity contribution is -0.138. The van der Waals surface area contributed by atoms with Crippen LogP contribution in [0.2, 0.25) is 0 Å². The van der Waals surface area contributed by atoms with Crippen molar-refractivity contribution in [1.82, 2.24) is 15.5 Å². The molecule has 0 aliphatic carbocycles. The normalized spacial score (nSPS) is 14.3. The van der Waals surface area contributed by atoms with Crippen molar-refractivity contribution in [3.05, 3.63) is 41.1 Å². The molecule has 0 saturated carbocycles. The molecule has 142 valence electrons. The Kier molecular flexibility index (Phi) is 6.90. The number of amides is 2. The van der Waals surface area contributed by atoms with E-state index in [4.69, 9.17) is 4.74 Å². The first kappa shape index (κ1) is 19.6. The number of benzene rings is 1. The second-order valence-electron chi connectivity index (χ2n) is 5.68. The highest BCUT2D eigenvalue weighted by Gasteiger charge is 2.24. The Morgan fingerprint density at radius 1 is 1.35 bits per heavy atom. The zero-order valence-electron chi connectivity index (χ0n) is 14.6. The standard InChI is InChI=1S/C17H21F2N3O4/c1-3-25-15(23)13-8-20-17(24)21-14(13)10-22(2)9-11-5-4-6-12(7-11)26-16(18)19/h4-7,16H,3,8-10H2,1-2H3,(H2,20,21,24). The highest BCUT2D eigenvalue weighted by Crippen LogP contribution is 2.17. The zero-order valence-corrected chi connectivity index (χ0v) is 14.6. The van der Waals surface area contributed by atoms with E-state index in [0.29, 0.717) is 17.8 Å². The van der Waals surface area contributed by atoms with E-state index in [9.17, 15) is 18.4 Å². The summed E-state index contributed by atoms with van der Waals surface area (Å²) in [6.45, 7) is -0.175. The van der Waals surface area contributed by atoms with Gasteiger partial charge in [0.1, 0.15) is 5.75 Å². The second kappa shape index (κ2) is 9.14. The number of ether oxygens (including phenoxy) is 2. The van der Waals surface area contributed by atoms with Gasteiger partial charge in [0, 0.05) is 18.8 Å². The molecule has 26 heavy (non-hydrogen) atoms. The molecule has 0 unspecified atom stereocenters. The molecule has 1 aromatic carbocycles. The molecule has 2 amide bonds. The Bertz CT molecular complexity index is 694. The molecule has 1 aliphatic rings. The number of urea groups is 1. The first-order valence-corrected chi connectivity index (χ1v) is 8.05. The number of nitrogens with one attached hydrogen (secondary N) is 2. The molecule has 0 atom stereocenters. The van der Waals surface area contributed by atoms with E-state index < -0.39 is 18.6 Å². The highest BCUT2D eigenvalue weighted by atomic mass is 19.3. The van der Waals surface area contributed by atoms with Crippen molar-refractivity contribution in [3.8, 4) is 5.75 Å². The van der Waals surface area contributed by atoms with E-state index in [-0.39, 0.29) is 25.4 Å². The summed E-state index contributed by atoms with van der Waals surface area (Å²) in [4.78, 5) is 25.4. The number of hydrogen-bond acceptors (Lipinski definition) is 5. The molecular formula is C17H21F2N3O4. The van der Waals surface area contributed by atoms with Crippen molar-refractivity contribution in [2.24, 2.45) is 0 Å². The molecule has 0 spiro atoms. The number of nitrogens with zero attached hydrogens (tertiary/aromatic N) is 1. The molecule has 0 radical (unpaired) electrons. The third-order valence-corrected chi connectivity index (χ3v) is 3.58. The van der Waals surface area contributed by atoms with Crippen LogP contribution < -0.4 is 15.4 Å². The van der Waals surface area contributed by atoms with Crippen LogP contribution in [0.4, 0.5) is 13.6 Å². The van der Waals surface area contributed by atoms with Crippen LogP contribution in [0.3, 0.4) is 0 Å². The van der Waals surface area contributed by atoms with Gasteiger partial charge in [-0.2, -0.15) is 8.78 Å².